The quantitative estimate of drug-likeness (QED) is 0.831. The monoisotopic (exact) mass is 279 g/mol. The van der Waals surface area contributed by atoms with E-state index in [1.54, 1.807) is 12.1 Å². The number of nitrogen functional groups attached to an aromatic ring is 1. The molecule has 3 N–H and O–H groups in total. The van der Waals surface area contributed by atoms with Gasteiger partial charge in [-0.3, -0.25) is 9.69 Å². The van der Waals surface area contributed by atoms with Crippen LogP contribution in [0, 0.1) is 0 Å². The summed E-state index contributed by atoms with van der Waals surface area (Å²) in [6, 6.07) is 7.17. The molecular formula is C14H21N3OS. The lowest BCUT2D eigenvalue weighted by atomic mass is 10.2. The van der Waals surface area contributed by atoms with Crippen LogP contribution in [0.15, 0.2) is 24.3 Å². The zero-order valence-corrected chi connectivity index (χ0v) is 12.1. The molecule has 1 unspecified atom stereocenters. The van der Waals surface area contributed by atoms with Gasteiger partial charge in [0.1, 0.15) is 0 Å². The van der Waals surface area contributed by atoms with E-state index in [-0.39, 0.29) is 11.9 Å². The molecule has 5 heteroatoms. The van der Waals surface area contributed by atoms with E-state index in [1.807, 2.05) is 30.8 Å². The summed E-state index contributed by atoms with van der Waals surface area (Å²) < 4.78 is 0. The van der Waals surface area contributed by atoms with Crippen molar-refractivity contribution in [3.63, 3.8) is 0 Å². The third-order valence-electron chi connectivity index (χ3n) is 3.36. The van der Waals surface area contributed by atoms with Crippen LogP contribution in [0.2, 0.25) is 0 Å². The van der Waals surface area contributed by atoms with Gasteiger partial charge in [0.15, 0.2) is 0 Å². The standard InChI is InChI=1S/C14H21N3OS/c1-11(17-7-2-9-19-10-8-17)14(18)16-13-5-3-12(15)4-6-13/h3-6,11H,2,7-10,15H2,1H3,(H,16,18). The molecule has 4 nitrogen and oxygen atoms in total. The average molecular weight is 279 g/mol. The average Bonchev–Trinajstić information content (AvgIpc) is 2.69. The predicted molar refractivity (Wildman–Crippen MR) is 82.5 cm³/mol. The van der Waals surface area contributed by atoms with Crippen LogP contribution in [-0.2, 0) is 4.79 Å². The Hall–Kier alpha value is -1.20. The molecule has 19 heavy (non-hydrogen) atoms. The number of benzene rings is 1. The fraction of sp³-hybridized carbons (Fsp3) is 0.500. The fourth-order valence-corrected chi connectivity index (χ4v) is 3.03. The number of anilines is 2. The Morgan fingerprint density at radius 1 is 1.32 bits per heavy atom. The number of hydrogen-bond donors (Lipinski definition) is 2. The van der Waals surface area contributed by atoms with Crippen LogP contribution in [0.4, 0.5) is 11.4 Å². The highest BCUT2D eigenvalue weighted by Crippen LogP contribution is 2.15. The van der Waals surface area contributed by atoms with Gasteiger partial charge in [0.25, 0.3) is 0 Å². The Bertz CT molecular complexity index is 413. The maximum atomic E-state index is 12.2. The smallest absolute Gasteiger partial charge is 0.241 e. The van der Waals surface area contributed by atoms with Gasteiger partial charge < -0.3 is 11.1 Å². The molecular weight excluding hydrogens is 258 g/mol. The van der Waals surface area contributed by atoms with Crippen LogP contribution >= 0.6 is 11.8 Å². The molecule has 1 aliphatic rings. The van der Waals surface area contributed by atoms with Crippen LogP contribution in [0.1, 0.15) is 13.3 Å². The summed E-state index contributed by atoms with van der Waals surface area (Å²) in [6.45, 7) is 3.97. The van der Waals surface area contributed by atoms with Gasteiger partial charge in [0, 0.05) is 23.7 Å². The summed E-state index contributed by atoms with van der Waals surface area (Å²) >= 11 is 1.97. The number of carbonyl (C=O) groups is 1. The van der Waals surface area contributed by atoms with Gasteiger partial charge in [-0.15, -0.1) is 0 Å². The van der Waals surface area contributed by atoms with Gasteiger partial charge in [0.05, 0.1) is 6.04 Å². The lowest BCUT2D eigenvalue weighted by Gasteiger charge is -2.26. The topological polar surface area (TPSA) is 58.4 Å². The molecule has 1 aromatic rings. The van der Waals surface area contributed by atoms with Crippen molar-refractivity contribution in [1.29, 1.82) is 0 Å². The van der Waals surface area contributed by atoms with E-state index in [1.165, 1.54) is 5.75 Å². The van der Waals surface area contributed by atoms with Crippen molar-refractivity contribution in [2.75, 3.05) is 35.6 Å². The van der Waals surface area contributed by atoms with Gasteiger partial charge in [-0.25, -0.2) is 0 Å². The van der Waals surface area contributed by atoms with Crippen LogP contribution in [0.25, 0.3) is 0 Å². The summed E-state index contributed by atoms with van der Waals surface area (Å²) in [6.07, 6.45) is 1.16. The van der Waals surface area contributed by atoms with Crippen molar-refractivity contribution in [3.05, 3.63) is 24.3 Å². The van der Waals surface area contributed by atoms with E-state index in [0.717, 1.165) is 31.0 Å². The predicted octanol–water partition coefficient (Wildman–Crippen LogP) is 2.03. The molecule has 104 valence electrons. The van der Waals surface area contributed by atoms with Gasteiger partial charge in [-0.1, -0.05) is 0 Å². The molecule has 1 atom stereocenters. The SMILES string of the molecule is CC(C(=O)Nc1ccc(N)cc1)N1CCCSCC1. The molecule has 1 heterocycles. The molecule has 1 aliphatic heterocycles. The van der Waals surface area contributed by atoms with Crippen molar-refractivity contribution in [3.8, 4) is 0 Å². The molecule has 0 spiro atoms. The molecule has 0 saturated carbocycles. The van der Waals surface area contributed by atoms with Crippen molar-refractivity contribution < 1.29 is 4.79 Å². The molecule has 0 aromatic heterocycles. The van der Waals surface area contributed by atoms with Crippen LogP contribution in [0.5, 0.6) is 0 Å². The number of hydrogen-bond acceptors (Lipinski definition) is 4. The second kappa shape index (κ2) is 6.82. The number of carbonyl (C=O) groups excluding carboxylic acids is 1. The van der Waals surface area contributed by atoms with E-state index < -0.39 is 0 Å². The molecule has 0 bridgehead atoms. The number of nitrogens with zero attached hydrogens (tertiary/aromatic N) is 1. The Balaban J connectivity index is 1.92. The highest BCUT2D eigenvalue weighted by atomic mass is 32.2. The number of amides is 1. The van der Waals surface area contributed by atoms with Crippen molar-refractivity contribution >= 4 is 29.0 Å². The highest BCUT2D eigenvalue weighted by molar-refractivity contribution is 7.99. The Morgan fingerprint density at radius 2 is 2.05 bits per heavy atom. The number of nitrogens with one attached hydrogen (secondary N) is 1. The molecule has 2 rings (SSSR count). The molecule has 1 saturated heterocycles. The van der Waals surface area contributed by atoms with Crippen LogP contribution < -0.4 is 11.1 Å². The van der Waals surface area contributed by atoms with Gasteiger partial charge in [-0.2, -0.15) is 11.8 Å². The highest BCUT2D eigenvalue weighted by Gasteiger charge is 2.22. The zero-order valence-electron chi connectivity index (χ0n) is 11.3. The van der Waals surface area contributed by atoms with Crippen molar-refractivity contribution in [2.45, 2.75) is 19.4 Å². The second-order valence-corrected chi connectivity index (χ2v) is 6.01. The van der Waals surface area contributed by atoms with Crippen molar-refractivity contribution in [2.24, 2.45) is 0 Å². The first-order valence-electron chi connectivity index (χ1n) is 6.65. The molecule has 1 amide bonds. The minimum absolute atomic E-state index is 0.0525. The second-order valence-electron chi connectivity index (χ2n) is 4.79. The lowest BCUT2D eigenvalue weighted by Crippen LogP contribution is -2.43. The summed E-state index contributed by atoms with van der Waals surface area (Å²) in [5, 5.41) is 2.94. The Morgan fingerprint density at radius 3 is 2.79 bits per heavy atom. The first kappa shape index (κ1) is 14.2. The minimum atomic E-state index is -0.0868. The summed E-state index contributed by atoms with van der Waals surface area (Å²) in [4.78, 5) is 14.5. The summed E-state index contributed by atoms with van der Waals surface area (Å²) in [5.74, 6) is 2.36. The molecule has 0 aliphatic carbocycles. The first-order chi connectivity index (χ1) is 9.16. The number of rotatable bonds is 3. The maximum absolute atomic E-state index is 12.2. The Labute approximate surface area is 118 Å². The van der Waals surface area contributed by atoms with E-state index in [4.69, 9.17) is 5.73 Å². The summed E-state index contributed by atoms with van der Waals surface area (Å²) in [5.41, 5.74) is 7.13. The van der Waals surface area contributed by atoms with E-state index in [9.17, 15) is 4.79 Å². The normalized spacial score (nSPS) is 18.6. The third-order valence-corrected chi connectivity index (χ3v) is 4.41. The number of thioether (sulfide) groups is 1. The van der Waals surface area contributed by atoms with Crippen LogP contribution in [0.3, 0.4) is 0 Å². The van der Waals surface area contributed by atoms with Crippen molar-refractivity contribution in [1.82, 2.24) is 4.90 Å². The van der Waals surface area contributed by atoms with Crippen LogP contribution in [-0.4, -0.2) is 41.4 Å². The molecule has 1 fully saturated rings. The van der Waals surface area contributed by atoms with Gasteiger partial charge in [0.2, 0.25) is 5.91 Å². The summed E-state index contributed by atoms with van der Waals surface area (Å²) in [7, 11) is 0. The minimum Gasteiger partial charge on any atom is -0.399 e. The largest absolute Gasteiger partial charge is 0.399 e. The lowest BCUT2D eigenvalue weighted by molar-refractivity contribution is -0.120. The molecule has 1 aromatic carbocycles. The van der Waals surface area contributed by atoms with Gasteiger partial charge >= 0.3 is 0 Å². The van der Waals surface area contributed by atoms with E-state index >= 15 is 0 Å². The molecule has 0 radical (unpaired) electrons. The van der Waals surface area contributed by atoms with E-state index in [2.05, 4.69) is 10.2 Å². The fourth-order valence-electron chi connectivity index (χ4n) is 2.13. The Kier molecular flexibility index (Phi) is 5.10. The third kappa shape index (κ3) is 4.14. The first-order valence-corrected chi connectivity index (χ1v) is 7.80. The van der Waals surface area contributed by atoms with E-state index in [0.29, 0.717) is 5.69 Å². The van der Waals surface area contributed by atoms with Gasteiger partial charge in [-0.05, 0) is 49.9 Å². The maximum Gasteiger partial charge on any atom is 0.241 e. The number of nitrogens with two attached hydrogens (primary N) is 1. The zero-order chi connectivity index (χ0) is 13.7.